The maximum atomic E-state index is 9.47. The lowest BCUT2D eigenvalue weighted by molar-refractivity contribution is 1.12. The summed E-state index contributed by atoms with van der Waals surface area (Å²) in [5.41, 5.74) is 8.52. The molecule has 222 valence electrons. The van der Waals surface area contributed by atoms with Crippen molar-refractivity contribution in [3.05, 3.63) is 145 Å². The first-order chi connectivity index (χ1) is 23.7. The molecule has 4 heterocycles. The standard InChI is InChI=1S/C40H22N8/c41-19-25-21-43-39(44-22-25)27-14-16-35(32(18-27)40-45-23-26(20-42)24-46-40)48-33-12-6-4-10-29(33)30-15-17-36-37(38(30)48)31-11-5-7-13-34(31)47(36)28-8-2-1-3-9-28/h1-18,21-24H. The van der Waals surface area contributed by atoms with Crippen molar-refractivity contribution in [3.63, 3.8) is 0 Å². The first-order valence-corrected chi connectivity index (χ1v) is 15.3. The van der Waals surface area contributed by atoms with E-state index >= 15 is 0 Å². The van der Waals surface area contributed by atoms with Gasteiger partial charge in [0.25, 0.3) is 0 Å². The monoisotopic (exact) mass is 614 g/mol. The van der Waals surface area contributed by atoms with Crippen LogP contribution in [0.15, 0.2) is 134 Å². The molecule has 48 heavy (non-hydrogen) atoms. The van der Waals surface area contributed by atoms with Crippen molar-refractivity contribution in [1.82, 2.24) is 29.1 Å². The van der Waals surface area contributed by atoms with E-state index in [9.17, 15) is 10.5 Å². The molecule has 0 N–H and O–H groups in total. The van der Waals surface area contributed by atoms with Gasteiger partial charge in [0.1, 0.15) is 12.1 Å². The lowest BCUT2D eigenvalue weighted by atomic mass is 10.1. The summed E-state index contributed by atoms with van der Waals surface area (Å²) in [6.45, 7) is 0. The van der Waals surface area contributed by atoms with Gasteiger partial charge in [-0.15, -0.1) is 0 Å². The highest BCUT2D eigenvalue weighted by atomic mass is 15.0. The van der Waals surface area contributed by atoms with E-state index in [2.05, 4.69) is 132 Å². The zero-order valence-electron chi connectivity index (χ0n) is 25.3. The lowest BCUT2D eigenvalue weighted by Crippen LogP contribution is -2.01. The molecule has 0 aliphatic carbocycles. The van der Waals surface area contributed by atoms with E-state index in [0.717, 1.165) is 66.1 Å². The van der Waals surface area contributed by atoms with Crippen molar-refractivity contribution >= 4 is 43.6 Å². The summed E-state index contributed by atoms with van der Waals surface area (Å²) in [4.78, 5) is 18.2. The van der Waals surface area contributed by atoms with Crippen LogP contribution >= 0.6 is 0 Å². The van der Waals surface area contributed by atoms with Gasteiger partial charge in [-0.3, -0.25) is 0 Å². The second-order valence-corrected chi connectivity index (χ2v) is 11.4. The van der Waals surface area contributed by atoms with Gasteiger partial charge >= 0.3 is 0 Å². The zero-order valence-corrected chi connectivity index (χ0v) is 25.3. The predicted molar refractivity (Wildman–Crippen MR) is 187 cm³/mol. The minimum absolute atomic E-state index is 0.374. The summed E-state index contributed by atoms with van der Waals surface area (Å²) in [5.74, 6) is 0.940. The van der Waals surface area contributed by atoms with E-state index in [1.54, 1.807) is 0 Å². The summed E-state index contributed by atoms with van der Waals surface area (Å²) >= 11 is 0. The van der Waals surface area contributed by atoms with Crippen LogP contribution < -0.4 is 0 Å². The van der Waals surface area contributed by atoms with Gasteiger partial charge in [0.05, 0.1) is 38.9 Å². The minimum Gasteiger partial charge on any atom is -0.309 e. The van der Waals surface area contributed by atoms with Gasteiger partial charge in [-0.2, -0.15) is 10.5 Å². The molecule has 0 radical (unpaired) electrons. The second-order valence-electron chi connectivity index (χ2n) is 11.4. The smallest absolute Gasteiger partial charge is 0.161 e. The number of benzene rings is 5. The summed E-state index contributed by atoms with van der Waals surface area (Å²) in [5, 5.41) is 23.3. The topological polar surface area (TPSA) is 109 Å². The quantitative estimate of drug-likeness (QED) is 0.197. The third kappa shape index (κ3) is 4.07. The van der Waals surface area contributed by atoms with Crippen molar-refractivity contribution in [2.24, 2.45) is 0 Å². The number of hydrogen-bond acceptors (Lipinski definition) is 6. The fraction of sp³-hybridized carbons (Fsp3) is 0. The van der Waals surface area contributed by atoms with Gasteiger partial charge in [0.15, 0.2) is 11.6 Å². The van der Waals surface area contributed by atoms with E-state index in [0.29, 0.717) is 22.8 Å². The first kappa shape index (κ1) is 27.2. The Morgan fingerprint density at radius 2 is 1.10 bits per heavy atom. The average Bonchev–Trinajstić information content (AvgIpc) is 3.68. The maximum absolute atomic E-state index is 9.47. The molecule has 0 saturated carbocycles. The summed E-state index contributed by atoms with van der Waals surface area (Å²) in [7, 11) is 0. The molecule has 0 amide bonds. The van der Waals surface area contributed by atoms with Crippen LogP contribution in [0.2, 0.25) is 0 Å². The SMILES string of the molecule is N#Cc1cnc(-c2ccc(-n3c4ccccc4c4ccc5c(c6ccccc6n5-c5ccccc5)c43)c(-c3ncc(C#N)cn3)c2)nc1. The highest BCUT2D eigenvalue weighted by molar-refractivity contribution is 6.26. The van der Waals surface area contributed by atoms with Crippen LogP contribution in [-0.2, 0) is 0 Å². The van der Waals surface area contributed by atoms with Gasteiger partial charge in [0.2, 0.25) is 0 Å². The fourth-order valence-electron chi connectivity index (χ4n) is 6.72. The number of fused-ring (bicyclic) bond motifs is 7. The van der Waals surface area contributed by atoms with E-state index < -0.39 is 0 Å². The Bertz CT molecular complexity index is 2780. The van der Waals surface area contributed by atoms with Crippen LogP contribution in [0.1, 0.15) is 11.1 Å². The highest BCUT2D eigenvalue weighted by Gasteiger charge is 2.23. The molecule has 0 unspecified atom stereocenters. The van der Waals surface area contributed by atoms with Gasteiger partial charge in [0, 0.05) is 63.1 Å². The van der Waals surface area contributed by atoms with E-state index in [-0.39, 0.29) is 0 Å². The molecule has 0 fully saturated rings. The Morgan fingerprint density at radius 3 is 1.79 bits per heavy atom. The van der Waals surface area contributed by atoms with Crippen molar-refractivity contribution in [3.8, 4) is 46.3 Å². The third-order valence-corrected chi connectivity index (χ3v) is 8.78. The summed E-state index contributed by atoms with van der Waals surface area (Å²) in [6.07, 6.45) is 6.10. The molecule has 0 aliphatic heterocycles. The molecule has 8 nitrogen and oxygen atoms in total. The molecule has 0 atom stereocenters. The van der Waals surface area contributed by atoms with E-state index in [4.69, 9.17) is 0 Å². The second kappa shape index (κ2) is 10.7. The molecule has 4 aromatic heterocycles. The van der Waals surface area contributed by atoms with Crippen molar-refractivity contribution in [1.29, 1.82) is 10.5 Å². The molecule has 9 aromatic rings. The number of aromatic nitrogens is 6. The molecular formula is C40H22N8. The highest BCUT2D eigenvalue weighted by Crippen LogP contribution is 2.43. The van der Waals surface area contributed by atoms with Crippen molar-refractivity contribution < 1.29 is 0 Å². The van der Waals surface area contributed by atoms with Gasteiger partial charge in [-0.05, 0) is 48.5 Å². The van der Waals surface area contributed by atoms with Crippen LogP contribution in [0.4, 0.5) is 0 Å². The van der Waals surface area contributed by atoms with Crippen LogP contribution in [0.3, 0.4) is 0 Å². The third-order valence-electron chi connectivity index (χ3n) is 8.78. The zero-order chi connectivity index (χ0) is 32.2. The predicted octanol–water partition coefficient (Wildman–Crippen LogP) is 8.54. The molecule has 0 saturated heterocycles. The Labute approximate surface area is 274 Å². The fourth-order valence-corrected chi connectivity index (χ4v) is 6.72. The Balaban J connectivity index is 1.42. The van der Waals surface area contributed by atoms with Crippen molar-refractivity contribution in [2.75, 3.05) is 0 Å². The molecule has 0 aliphatic rings. The van der Waals surface area contributed by atoms with Gasteiger partial charge in [-0.25, -0.2) is 19.9 Å². The van der Waals surface area contributed by atoms with Crippen LogP contribution in [0.5, 0.6) is 0 Å². The number of nitriles is 2. The van der Waals surface area contributed by atoms with Gasteiger partial charge in [-0.1, -0.05) is 60.7 Å². The first-order valence-electron chi connectivity index (χ1n) is 15.3. The molecular weight excluding hydrogens is 592 g/mol. The van der Waals surface area contributed by atoms with E-state index in [1.807, 2.05) is 18.2 Å². The molecule has 0 spiro atoms. The maximum Gasteiger partial charge on any atom is 0.161 e. The van der Waals surface area contributed by atoms with Gasteiger partial charge < -0.3 is 9.13 Å². The molecule has 5 aromatic carbocycles. The number of rotatable bonds is 4. The average molecular weight is 615 g/mol. The van der Waals surface area contributed by atoms with Crippen molar-refractivity contribution in [2.45, 2.75) is 0 Å². The molecule has 8 heteroatoms. The summed E-state index contributed by atoms with van der Waals surface area (Å²) < 4.78 is 4.62. The number of hydrogen-bond donors (Lipinski definition) is 0. The largest absolute Gasteiger partial charge is 0.309 e. The lowest BCUT2D eigenvalue weighted by Gasteiger charge is -2.15. The summed E-state index contributed by atoms with van der Waals surface area (Å²) in [6, 6.07) is 42.0. The number of para-hydroxylation sites is 3. The molecule has 0 bridgehead atoms. The molecule has 9 rings (SSSR count). The van der Waals surface area contributed by atoms with E-state index in [1.165, 1.54) is 24.8 Å². The Kier molecular flexibility index (Phi) is 6.07. The Hall–Kier alpha value is -7.16. The number of nitrogens with zero attached hydrogens (tertiary/aromatic N) is 8. The Morgan fingerprint density at radius 1 is 0.500 bits per heavy atom. The normalized spacial score (nSPS) is 11.3. The van der Waals surface area contributed by atoms with Crippen LogP contribution in [0, 0.1) is 22.7 Å². The van der Waals surface area contributed by atoms with Crippen LogP contribution in [0.25, 0.3) is 77.8 Å². The minimum atomic E-state index is 0.374. The van der Waals surface area contributed by atoms with Crippen LogP contribution in [-0.4, -0.2) is 29.1 Å².